The molecular weight excluding hydrogens is 380 g/mol. The van der Waals surface area contributed by atoms with Gasteiger partial charge in [0.1, 0.15) is 10.6 Å². The fourth-order valence-corrected chi connectivity index (χ4v) is 3.96. The number of nitrogens with zero attached hydrogens (tertiary/aromatic N) is 1. The van der Waals surface area contributed by atoms with Crippen molar-refractivity contribution in [1.82, 2.24) is 9.55 Å². The SMILES string of the molecule is CCCCc1cc2c(=O)n(CCCOc3ccc(C(=O)O)cc3)c(=O)[nH]c2s1. The van der Waals surface area contributed by atoms with E-state index in [2.05, 4.69) is 11.9 Å². The Balaban J connectivity index is 1.64. The van der Waals surface area contributed by atoms with Crippen LogP contribution in [-0.2, 0) is 13.0 Å². The van der Waals surface area contributed by atoms with Crippen LogP contribution >= 0.6 is 11.3 Å². The van der Waals surface area contributed by atoms with Gasteiger partial charge in [-0.15, -0.1) is 11.3 Å². The Kier molecular flexibility index (Phi) is 6.30. The molecule has 7 nitrogen and oxygen atoms in total. The van der Waals surface area contributed by atoms with E-state index in [-0.39, 0.29) is 17.7 Å². The first-order valence-electron chi connectivity index (χ1n) is 9.21. The van der Waals surface area contributed by atoms with Crippen LogP contribution in [0.2, 0.25) is 0 Å². The van der Waals surface area contributed by atoms with Gasteiger partial charge in [0.15, 0.2) is 0 Å². The third kappa shape index (κ3) is 4.51. The number of thiophene rings is 1. The minimum atomic E-state index is -0.994. The van der Waals surface area contributed by atoms with E-state index < -0.39 is 11.7 Å². The molecule has 0 unspecified atom stereocenters. The summed E-state index contributed by atoms with van der Waals surface area (Å²) < 4.78 is 6.76. The van der Waals surface area contributed by atoms with Crippen LogP contribution < -0.4 is 16.0 Å². The minimum Gasteiger partial charge on any atom is -0.494 e. The smallest absolute Gasteiger partial charge is 0.335 e. The molecule has 3 aromatic rings. The van der Waals surface area contributed by atoms with E-state index in [1.807, 2.05) is 6.07 Å². The van der Waals surface area contributed by atoms with Crippen molar-refractivity contribution < 1.29 is 14.6 Å². The van der Waals surface area contributed by atoms with Crippen LogP contribution in [0.5, 0.6) is 5.75 Å². The average molecular weight is 402 g/mol. The number of carboxylic acid groups (broad SMARTS) is 1. The molecule has 0 spiro atoms. The molecule has 2 aromatic heterocycles. The Morgan fingerprint density at radius 1 is 1.21 bits per heavy atom. The van der Waals surface area contributed by atoms with E-state index in [9.17, 15) is 14.4 Å². The minimum absolute atomic E-state index is 0.188. The third-order valence-electron chi connectivity index (χ3n) is 4.40. The summed E-state index contributed by atoms with van der Waals surface area (Å²) in [5.41, 5.74) is -0.497. The Labute approximate surface area is 165 Å². The van der Waals surface area contributed by atoms with Crippen LogP contribution in [0.4, 0.5) is 0 Å². The number of carbonyl (C=O) groups is 1. The van der Waals surface area contributed by atoms with Crippen LogP contribution in [0, 0.1) is 0 Å². The number of aromatic carboxylic acids is 1. The van der Waals surface area contributed by atoms with E-state index in [4.69, 9.17) is 9.84 Å². The zero-order valence-electron chi connectivity index (χ0n) is 15.6. The molecule has 148 valence electrons. The molecule has 0 aliphatic carbocycles. The standard InChI is InChI=1S/C20H22N2O5S/c1-2-3-5-15-12-16-17(28-15)21-20(26)22(18(16)23)10-4-11-27-14-8-6-13(7-9-14)19(24)25/h6-9,12H,2-5,10-11H2,1H3,(H,21,26)(H,24,25). The van der Waals surface area contributed by atoms with Crippen molar-refractivity contribution in [3.8, 4) is 5.75 Å². The van der Waals surface area contributed by atoms with Crippen LogP contribution in [0.3, 0.4) is 0 Å². The summed E-state index contributed by atoms with van der Waals surface area (Å²) in [4.78, 5) is 40.3. The monoisotopic (exact) mass is 402 g/mol. The quantitative estimate of drug-likeness (QED) is 0.535. The summed E-state index contributed by atoms with van der Waals surface area (Å²) in [5, 5.41) is 9.44. The van der Waals surface area contributed by atoms with Crippen molar-refractivity contribution in [2.45, 2.75) is 39.2 Å². The van der Waals surface area contributed by atoms with Gasteiger partial charge in [0.25, 0.3) is 5.56 Å². The molecule has 0 fully saturated rings. The van der Waals surface area contributed by atoms with E-state index >= 15 is 0 Å². The number of hydrogen-bond acceptors (Lipinski definition) is 5. The van der Waals surface area contributed by atoms with Crippen LogP contribution in [0.25, 0.3) is 10.2 Å². The van der Waals surface area contributed by atoms with Crippen molar-refractivity contribution in [3.63, 3.8) is 0 Å². The second kappa shape index (κ2) is 8.88. The number of ether oxygens (including phenoxy) is 1. The number of aromatic amines is 1. The van der Waals surface area contributed by atoms with Gasteiger partial charge < -0.3 is 9.84 Å². The van der Waals surface area contributed by atoms with Crippen molar-refractivity contribution in [2.24, 2.45) is 0 Å². The van der Waals surface area contributed by atoms with Crippen LogP contribution in [-0.4, -0.2) is 27.2 Å². The lowest BCUT2D eigenvalue weighted by molar-refractivity contribution is 0.0697. The van der Waals surface area contributed by atoms with E-state index in [1.165, 1.54) is 28.0 Å². The van der Waals surface area contributed by atoms with Crippen LogP contribution in [0.15, 0.2) is 39.9 Å². The fraction of sp³-hybridized carbons (Fsp3) is 0.350. The Bertz CT molecular complexity index is 1080. The van der Waals surface area contributed by atoms with Crippen molar-refractivity contribution in [1.29, 1.82) is 0 Å². The number of hydrogen-bond donors (Lipinski definition) is 2. The van der Waals surface area contributed by atoms with Gasteiger partial charge in [0.05, 0.1) is 17.6 Å². The lowest BCUT2D eigenvalue weighted by Gasteiger charge is -2.07. The molecule has 28 heavy (non-hydrogen) atoms. The zero-order chi connectivity index (χ0) is 20.1. The summed E-state index contributed by atoms with van der Waals surface area (Å²) in [5.74, 6) is -0.452. The van der Waals surface area contributed by atoms with E-state index in [1.54, 1.807) is 12.1 Å². The molecule has 0 saturated carbocycles. The number of carboxylic acids is 1. The van der Waals surface area contributed by atoms with Gasteiger partial charge in [-0.3, -0.25) is 14.3 Å². The molecule has 0 amide bonds. The van der Waals surface area contributed by atoms with E-state index in [0.717, 1.165) is 24.1 Å². The summed E-state index contributed by atoms with van der Waals surface area (Å²) in [6, 6.07) is 7.97. The molecule has 0 bridgehead atoms. The zero-order valence-corrected chi connectivity index (χ0v) is 16.4. The highest BCUT2D eigenvalue weighted by molar-refractivity contribution is 7.18. The predicted molar refractivity (Wildman–Crippen MR) is 109 cm³/mol. The first kappa shape index (κ1) is 19.9. The summed E-state index contributed by atoms with van der Waals surface area (Å²) in [6.45, 7) is 2.67. The van der Waals surface area contributed by atoms with Crippen molar-refractivity contribution in [2.75, 3.05) is 6.61 Å². The average Bonchev–Trinajstić information content (AvgIpc) is 3.09. The Morgan fingerprint density at radius 3 is 2.64 bits per heavy atom. The van der Waals surface area contributed by atoms with Gasteiger partial charge in [0.2, 0.25) is 0 Å². The number of fused-ring (bicyclic) bond motifs is 1. The molecule has 0 atom stereocenters. The fourth-order valence-electron chi connectivity index (χ4n) is 2.88. The molecule has 2 heterocycles. The number of unbranched alkanes of at least 4 members (excludes halogenated alkanes) is 1. The second-order valence-corrected chi connectivity index (χ2v) is 7.61. The number of rotatable bonds is 9. The Hall–Kier alpha value is -2.87. The van der Waals surface area contributed by atoms with Gasteiger partial charge >= 0.3 is 11.7 Å². The molecule has 0 aliphatic heterocycles. The molecule has 0 aliphatic rings. The summed E-state index contributed by atoms with van der Waals surface area (Å²) >= 11 is 1.47. The Morgan fingerprint density at radius 2 is 1.96 bits per heavy atom. The lowest BCUT2D eigenvalue weighted by Crippen LogP contribution is -2.35. The topological polar surface area (TPSA) is 101 Å². The van der Waals surface area contributed by atoms with Gasteiger partial charge in [-0.05, 0) is 49.6 Å². The number of H-pyrrole nitrogens is 1. The largest absolute Gasteiger partial charge is 0.494 e. The van der Waals surface area contributed by atoms with Gasteiger partial charge in [0, 0.05) is 11.4 Å². The predicted octanol–water partition coefficient (Wildman–Crippen LogP) is 3.26. The summed E-state index contributed by atoms with van der Waals surface area (Å²) in [7, 11) is 0. The number of benzene rings is 1. The first-order valence-corrected chi connectivity index (χ1v) is 10.0. The first-order chi connectivity index (χ1) is 13.5. The maximum absolute atomic E-state index is 12.7. The van der Waals surface area contributed by atoms with Crippen molar-refractivity contribution >= 4 is 27.5 Å². The third-order valence-corrected chi connectivity index (χ3v) is 5.51. The molecule has 0 radical (unpaired) electrons. The second-order valence-electron chi connectivity index (χ2n) is 6.48. The molecule has 1 aromatic carbocycles. The lowest BCUT2D eigenvalue weighted by atomic mass is 10.2. The molecule has 8 heteroatoms. The van der Waals surface area contributed by atoms with Crippen molar-refractivity contribution in [3.05, 3.63) is 61.6 Å². The highest BCUT2D eigenvalue weighted by Gasteiger charge is 2.11. The van der Waals surface area contributed by atoms with Gasteiger partial charge in [-0.2, -0.15) is 0 Å². The highest BCUT2D eigenvalue weighted by Crippen LogP contribution is 2.21. The number of aryl methyl sites for hydroxylation is 1. The van der Waals surface area contributed by atoms with Gasteiger partial charge in [-0.25, -0.2) is 9.59 Å². The number of aromatic nitrogens is 2. The van der Waals surface area contributed by atoms with E-state index in [0.29, 0.717) is 29.0 Å². The summed E-state index contributed by atoms with van der Waals surface area (Å²) in [6.07, 6.45) is 3.51. The molecule has 2 N–H and O–H groups in total. The number of nitrogens with one attached hydrogen (secondary N) is 1. The van der Waals surface area contributed by atoms with Crippen LogP contribution in [0.1, 0.15) is 41.4 Å². The molecule has 3 rings (SSSR count). The maximum atomic E-state index is 12.7. The maximum Gasteiger partial charge on any atom is 0.335 e. The highest BCUT2D eigenvalue weighted by atomic mass is 32.1. The molecule has 0 saturated heterocycles. The normalized spacial score (nSPS) is 11.0. The molecular formula is C20H22N2O5S. The van der Waals surface area contributed by atoms with Gasteiger partial charge in [-0.1, -0.05) is 13.3 Å².